The summed E-state index contributed by atoms with van der Waals surface area (Å²) in [7, 11) is 2.08. The van der Waals surface area contributed by atoms with Crippen LogP contribution in [0.2, 0.25) is 0 Å². The van der Waals surface area contributed by atoms with Crippen LogP contribution in [-0.2, 0) is 16.1 Å². The molecule has 0 fully saturated rings. The number of esters is 1. The number of ether oxygens (including phenoxy) is 1. The molecule has 0 radical (unpaired) electrons. The second-order valence-electron chi connectivity index (χ2n) is 3.74. The van der Waals surface area contributed by atoms with Crippen molar-refractivity contribution in [3.8, 4) is 0 Å². The number of halogens is 1. The standard InChI is InChI=1S/C13H17NO2.ClH/c1-3-13(15)16-10-9-14(2)11-12-7-5-4-6-8-12;/h3-8H,1,9-11H2,2H3;1H. The van der Waals surface area contributed by atoms with E-state index in [9.17, 15) is 4.79 Å². The summed E-state index contributed by atoms with van der Waals surface area (Å²) in [5, 5.41) is 0. The lowest BCUT2D eigenvalue weighted by atomic mass is 10.2. The molecule has 0 bridgehead atoms. The molecule has 3 nitrogen and oxygen atoms in total. The largest absolute Gasteiger partial charge is 1.00 e. The number of hydrogen-bond acceptors (Lipinski definition) is 2. The normalized spacial score (nSPS) is 11.1. The monoisotopic (exact) mass is 255 g/mol. The Morgan fingerprint density at radius 2 is 2.06 bits per heavy atom. The molecule has 0 aromatic heterocycles. The highest BCUT2D eigenvalue weighted by Crippen LogP contribution is 1.94. The van der Waals surface area contributed by atoms with Gasteiger partial charge in [-0.05, 0) is 0 Å². The molecule has 1 rings (SSSR count). The third-order valence-corrected chi connectivity index (χ3v) is 2.29. The van der Waals surface area contributed by atoms with E-state index in [1.165, 1.54) is 16.5 Å². The molecule has 17 heavy (non-hydrogen) atoms. The summed E-state index contributed by atoms with van der Waals surface area (Å²) in [6, 6.07) is 10.3. The third-order valence-electron chi connectivity index (χ3n) is 2.29. The number of likely N-dealkylation sites (N-methyl/N-ethyl adjacent to an activating group) is 1. The van der Waals surface area contributed by atoms with Crippen LogP contribution in [0.15, 0.2) is 43.0 Å². The summed E-state index contributed by atoms with van der Waals surface area (Å²) in [6.45, 7) is 5.52. The minimum absolute atomic E-state index is 0. The average molecular weight is 256 g/mol. The number of carbonyl (C=O) groups is 1. The van der Waals surface area contributed by atoms with Crippen LogP contribution >= 0.6 is 0 Å². The maximum absolute atomic E-state index is 10.8. The lowest BCUT2D eigenvalue weighted by Crippen LogP contribution is -3.08. The minimum atomic E-state index is -0.354. The molecule has 1 aromatic carbocycles. The van der Waals surface area contributed by atoms with E-state index < -0.39 is 0 Å². The van der Waals surface area contributed by atoms with E-state index in [1.54, 1.807) is 0 Å². The second kappa shape index (κ2) is 8.79. The van der Waals surface area contributed by atoms with E-state index in [1.807, 2.05) is 18.2 Å². The van der Waals surface area contributed by atoms with Gasteiger partial charge in [0.2, 0.25) is 0 Å². The molecule has 0 saturated heterocycles. The van der Waals surface area contributed by atoms with Gasteiger partial charge in [-0.3, -0.25) is 0 Å². The van der Waals surface area contributed by atoms with Crippen molar-refractivity contribution in [2.45, 2.75) is 6.54 Å². The quantitative estimate of drug-likeness (QED) is 0.448. The van der Waals surface area contributed by atoms with Gasteiger partial charge in [0, 0.05) is 11.6 Å². The van der Waals surface area contributed by atoms with Crippen LogP contribution in [0.25, 0.3) is 0 Å². The lowest BCUT2D eigenvalue weighted by molar-refractivity contribution is -0.893. The molecular formula is C13H18ClNO2. The number of hydrogen-bond donors (Lipinski definition) is 1. The van der Waals surface area contributed by atoms with Gasteiger partial charge in [0.15, 0.2) is 0 Å². The number of benzene rings is 1. The van der Waals surface area contributed by atoms with Crippen molar-refractivity contribution in [2.24, 2.45) is 0 Å². The van der Waals surface area contributed by atoms with E-state index >= 15 is 0 Å². The average Bonchev–Trinajstić information content (AvgIpc) is 2.30. The Balaban J connectivity index is 0.00000256. The molecule has 1 unspecified atom stereocenters. The molecule has 1 aromatic rings. The molecule has 0 spiro atoms. The Bertz CT molecular complexity index is 341. The van der Waals surface area contributed by atoms with Gasteiger partial charge in [0.05, 0.1) is 7.05 Å². The zero-order chi connectivity index (χ0) is 11.8. The summed E-state index contributed by atoms with van der Waals surface area (Å²) in [6.07, 6.45) is 1.19. The van der Waals surface area contributed by atoms with Crippen molar-refractivity contribution in [1.29, 1.82) is 0 Å². The lowest BCUT2D eigenvalue weighted by Gasteiger charge is -2.13. The van der Waals surface area contributed by atoms with Gasteiger partial charge in [0.1, 0.15) is 19.7 Å². The SMILES string of the molecule is C=CC(=O)OCC[NH+](C)Cc1ccccc1.[Cl-]. The van der Waals surface area contributed by atoms with Crippen molar-refractivity contribution in [2.75, 3.05) is 20.2 Å². The fraction of sp³-hybridized carbons (Fsp3) is 0.308. The topological polar surface area (TPSA) is 30.7 Å². The Labute approximate surface area is 108 Å². The Kier molecular flexibility index (Phi) is 8.11. The molecule has 0 heterocycles. The van der Waals surface area contributed by atoms with Crippen LogP contribution < -0.4 is 17.3 Å². The zero-order valence-corrected chi connectivity index (χ0v) is 10.7. The smallest absolute Gasteiger partial charge is 0.330 e. The highest BCUT2D eigenvalue weighted by atomic mass is 35.5. The number of rotatable bonds is 6. The van der Waals surface area contributed by atoms with Crippen molar-refractivity contribution < 1.29 is 26.8 Å². The van der Waals surface area contributed by atoms with E-state index in [0.717, 1.165) is 13.1 Å². The van der Waals surface area contributed by atoms with Gasteiger partial charge in [-0.1, -0.05) is 36.9 Å². The molecule has 1 atom stereocenters. The van der Waals surface area contributed by atoms with Gasteiger partial charge in [0.25, 0.3) is 0 Å². The Hall–Kier alpha value is -1.32. The van der Waals surface area contributed by atoms with Crippen LogP contribution in [0.4, 0.5) is 0 Å². The molecule has 94 valence electrons. The van der Waals surface area contributed by atoms with Crippen LogP contribution in [0.3, 0.4) is 0 Å². The van der Waals surface area contributed by atoms with Crippen LogP contribution in [0.5, 0.6) is 0 Å². The first-order valence-electron chi connectivity index (χ1n) is 5.37. The highest BCUT2D eigenvalue weighted by molar-refractivity contribution is 5.81. The first-order valence-corrected chi connectivity index (χ1v) is 5.37. The van der Waals surface area contributed by atoms with E-state index in [4.69, 9.17) is 4.74 Å². The predicted molar refractivity (Wildman–Crippen MR) is 63.1 cm³/mol. The van der Waals surface area contributed by atoms with Gasteiger partial charge in [-0.2, -0.15) is 0 Å². The fourth-order valence-electron chi connectivity index (χ4n) is 1.42. The summed E-state index contributed by atoms with van der Waals surface area (Å²) >= 11 is 0. The summed E-state index contributed by atoms with van der Waals surface area (Å²) < 4.78 is 4.92. The first-order chi connectivity index (χ1) is 7.72. The Morgan fingerprint density at radius 3 is 2.65 bits per heavy atom. The predicted octanol–water partition coefficient (Wildman–Crippen LogP) is -2.57. The highest BCUT2D eigenvalue weighted by Gasteiger charge is 2.04. The number of quaternary nitrogens is 1. The molecule has 4 heteroatoms. The molecule has 1 N–H and O–H groups in total. The van der Waals surface area contributed by atoms with Crippen molar-refractivity contribution in [1.82, 2.24) is 0 Å². The van der Waals surface area contributed by atoms with E-state index in [0.29, 0.717) is 6.61 Å². The molecule has 0 aliphatic rings. The van der Waals surface area contributed by atoms with Gasteiger partial charge >= 0.3 is 5.97 Å². The van der Waals surface area contributed by atoms with Crippen LogP contribution in [-0.4, -0.2) is 26.2 Å². The maximum atomic E-state index is 10.8. The van der Waals surface area contributed by atoms with Gasteiger partial charge in [-0.25, -0.2) is 4.79 Å². The van der Waals surface area contributed by atoms with E-state index in [2.05, 4.69) is 25.8 Å². The zero-order valence-electron chi connectivity index (χ0n) is 9.99. The van der Waals surface area contributed by atoms with Crippen molar-refractivity contribution in [3.05, 3.63) is 48.6 Å². The summed E-state index contributed by atoms with van der Waals surface area (Å²) in [5.41, 5.74) is 1.29. The minimum Gasteiger partial charge on any atom is -1.00 e. The summed E-state index contributed by atoms with van der Waals surface area (Å²) in [4.78, 5) is 12.1. The molecule has 0 saturated carbocycles. The second-order valence-corrected chi connectivity index (χ2v) is 3.74. The number of nitrogens with one attached hydrogen (secondary N) is 1. The third kappa shape index (κ3) is 6.76. The first kappa shape index (κ1) is 15.7. The Morgan fingerprint density at radius 1 is 1.41 bits per heavy atom. The van der Waals surface area contributed by atoms with Gasteiger partial charge in [-0.15, -0.1) is 0 Å². The van der Waals surface area contributed by atoms with Crippen LogP contribution in [0, 0.1) is 0 Å². The number of carbonyl (C=O) groups excluding carboxylic acids is 1. The molecular weight excluding hydrogens is 238 g/mol. The summed E-state index contributed by atoms with van der Waals surface area (Å²) in [5.74, 6) is -0.354. The van der Waals surface area contributed by atoms with Gasteiger partial charge < -0.3 is 22.0 Å². The maximum Gasteiger partial charge on any atom is 0.330 e. The molecule has 0 aliphatic heterocycles. The molecule has 0 aliphatic carbocycles. The van der Waals surface area contributed by atoms with Crippen molar-refractivity contribution in [3.63, 3.8) is 0 Å². The van der Waals surface area contributed by atoms with Crippen molar-refractivity contribution >= 4 is 5.97 Å². The van der Waals surface area contributed by atoms with Crippen LogP contribution in [0.1, 0.15) is 5.56 Å². The molecule has 0 amide bonds. The van der Waals surface area contributed by atoms with E-state index in [-0.39, 0.29) is 18.4 Å². The fourth-order valence-corrected chi connectivity index (χ4v) is 1.42.